The number of hydrogen-bond acceptors (Lipinski definition) is 3. The van der Waals surface area contributed by atoms with Crippen LogP contribution in [0.25, 0.3) is 0 Å². The second-order valence-electron chi connectivity index (χ2n) is 8.18. The van der Waals surface area contributed by atoms with Gasteiger partial charge in [0.15, 0.2) is 0 Å². The van der Waals surface area contributed by atoms with Crippen LogP contribution in [-0.2, 0) is 15.0 Å². The molecule has 1 aliphatic carbocycles. The van der Waals surface area contributed by atoms with Gasteiger partial charge in [-0.2, -0.15) is 0 Å². The predicted molar refractivity (Wildman–Crippen MR) is 99.8 cm³/mol. The summed E-state index contributed by atoms with van der Waals surface area (Å²) in [5.41, 5.74) is 3.35. The van der Waals surface area contributed by atoms with Crippen molar-refractivity contribution in [3.63, 3.8) is 0 Å². The van der Waals surface area contributed by atoms with Gasteiger partial charge in [-0.1, -0.05) is 61.9 Å². The number of benzene rings is 1. The largest absolute Gasteiger partial charge is 0.330 e. The number of carbonyl (C=O) groups is 2. The number of nitrogens with one attached hydrogen (secondary N) is 1. The van der Waals surface area contributed by atoms with E-state index in [1.807, 2.05) is 38.1 Å². The highest BCUT2D eigenvalue weighted by Crippen LogP contribution is 2.38. The van der Waals surface area contributed by atoms with Gasteiger partial charge in [0.2, 0.25) is 5.91 Å². The SMILES string of the molecule is Cc1ccc(C2(C)CCN(C(CC3CCCCC3)C(=O)NO)C2=O)cc1. The van der Waals surface area contributed by atoms with Gasteiger partial charge in [0.25, 0.3) is 5.91 Å². The summed E-state index contributed by atoms with van der Waals surface area (Å²) < 4.78 is 0. The molecule has 2 unspecified atom stereocenters. The van der Waals surface area contributed by atoms with Gasteiger partial charge >= 0.3 is 0 Å². The third-order valence-corrected chi connectivity index (χ3v) is 6.34. The van der Waals surface area contributed by atoms with Crippen molar-refractivity contribution in [2.75, 3.05) is 6.54 Å². The minimum Gasteiger partial charge on any atom is -0.330 e. The van der Waals surface area contributed by atoms with E-state index in [1.54, 1.807) is 10.4 Å². The van der Waals surface area contributed by atoms with Crippen LogP contribution in [0.1, 0.15) is 63.0 Å². The molecule has 0 aromatic heterocycles. The Morgan fingerprint density at radius 2 is 1.92 bits per heavy atom. The average molecular weight is 358 g/mol. The van der Waals surface area contributed by atoms with E-state index in [2.05, 4.69) is 0 Å². The van der Waals surface area contributed by atoms with E-state index in [0.29, 0.717) is 25.3 Å². The van der Waals surface area contributed by atoms with Crippen molar-refractivity contribution in [3.8, 4) is 0 Å². The molecule has 1 aromatic carbocycles. The molecule has 2 atom stereocenters. The Hall–Kier alpha value is -1.88. The molecular weight excluding hydrogens is 328 g/mol. The second kappa shape index (κ2) is 7.78. The van der Waals surface area contributed by atoms with Crippen molar-refractivity contribution in [1.82, 2.24) is 10.4 Å². The Bertz CT molecular complexity index is 652. The second-order valence-corrected chi connectivity index (χ2v) is 8.18. The minimum absolute atomic E-state index is 0.00855. The van der Waals surface area contributed by atoms with Gasteiger partial charge < -0.3 is 4.90 Å². The van der Waals surface area contributed by atoms with Crippen LogP contribution in [0.2, 0.25) is 0 Å². The zero-order valence-electron chi connectivity index (χ0n) is 15.8. The van der Waals surface area contributed by atoms with Gasteiger partial charge in [0, 0.05) is 6.54 Å². The molecule has 26 heavy (non-hydrogen) atoms. The third kappa shape index (κ3) is 3.63. The number of aryl methyl sites for hydroxylation is 1. The van der Waals surface area contributed by atoms with Gasteiger partial charge in [-0.05, 0) is 38.2 Å². The summed E-state index contributed by atoms with van der Waals surface area (Å²) in [7, 11) is 0. The highest BCUT2D eigenvalue weighted by atomic mass is 16.5. The lowest BCUT2D eigenvalue weighted by molar-refractivity contribution is -0.144. The van der Waals surface area contributed by atoms with Crippen molar-refractivity contribution >= 4 is 11.8 Å². The molecule has 142 valence electrons. The first-order chi connectivity index (χ1) is 12.5. The molecule has 0 spiro atoms. The maximum atomic E-state index is 13.3. The maximum absolute atomic E-state index is 13.3. The average Bonchev–Trinajstić information content (AvgIpc) is 2.96. The molecule has 0 radical (unpaired) electrons. The Kier molecular flexibility index (Phi) is 5.66. The molecule has 2 aliphatic rings. The van der Waals surface area contributed by atoms with Crippen LogP contribution in [0.4, 0.5) is 0 Å². The summed E-state index contributed by atoms with van der Waals surface area (Å²) in [6.45, 7) is 4.54. The fourth-order valence-corrected chi connectivity index (χ4v) is 4.54. The maximum Gasteiger partial charge on any atom is 0.266 e. The van der Waals surface area contributed by atoms with E-state index in [4.69, 9.17) is 0 Å². The Balaban J connectivity index is 1.80. The fraction of sp³-hybridized carbons (Fsp3) is 0.619. The minimum atomic E-state index is -0.603. The van der Waals surface area contributed by atoms with E-state index in [0.717, 1.165) is 24.0 Å². The topological polar surface area (TPSA) is 69.6 Å². The van der Waals surface area contributed by atoms with Crippen LogP contribution < -0.4 is 5.48 Å². The van der Waals surface area contributed by atoms with Crippen LogP contribution >= 0.6 is 0 Å². The van der Waals surface area contributed by atoms with Crippen LogP contribution in [0, 0.1) is 12.8 Å². The summed E-state index contributed by atoms with van der Waals surface area (Å²) in [5.74, 6) is -0.0204. The smallest absolute Gasteiger partial charge is 0.266 e. The van der Waals surface area contributed by atoms with E-state index in [-0.39, 0.29) is 5.91 Å². The van der Waals surface area contributed by atoms with Crippen molar-refractivity contribution in [2.24, 2.45) is 5.92 Å². The molecule has 0 bridgehead atoms. The summed E-state index contributed by atoms with van der Waals surface area (Å²) in [6, 6.07) is 7.49. The Labute approximate surface area is 155 Å². The molecule has 1 aromatic rings. The first kappa shape index (κ1) is 18.9. The molecule has 2 N–H and O–H groups in total. The van der Waals surface area contributed by atoms with E-state index in [1.165, 1.54) is 19.3 Å². The fourth-order valence-electron chi connectivity index (χ4n) is 4.54. The van der Waals surface area contributed by atoms with E-state index < -0.39 is 17.4 Å². The van der Waals surface area contributed by atoms with Crippen LogP contribution in [0.15, 0.2) is 24.3 Å². The lowest BCUT2D eigenvalue weighted by Crippen LogP contribution is -2.50. The van der Waals surface area contributed by atoms with Gasteiger partial charge in [0.05, 0.1) is 5.41 Å². The molecule has 5 heteroatoms. The summed E-state index contributed by atoms with van der Waals surface area (Å²) in [4.78, 5) is 27.3. The molecule has 1 aliphatic heterocycles. The highest BCUT2D eigenvalue weighted by Gasteiger charge is 2.48. The van der Waals surface area contributed by atoms with Crippen LogP contribution in [0.5, 0.6) is 0 Å². The number of hydrogen-bond donors (Lipinski definition) is 2. The van der Waals surface area contributed by atoms with Crippen molar-refractivity contribution in [2.45, 2.75) is 70.3 Å². The molecule has 3 rings (SSSR count). The van der Waals surface area contributed by atoms with Gasteiger partial charge in [-0.15, -0.1) is 0 Å². The monoisotopic (exact) mass is 358 g/mol. The quantitative estimate of drug-likeness (QED) is 0.626. The van der Waals surface area contributed by atoms with Crippen molar-refractivity contribution in [1.29, 1.82) is 0 Å². The number of carbonyl (C=O) groups excluding carboxylic acids is 2. The number of likely N-dealkylation sites (tertiary alicyclic amines) is 1. The van der Waals surface area contributed by atoms with E-state index in [9.17, 15) is 14.8 Å². The molecule has 1 saturated heterocycles. The zero-order chi connectivity index (χ0) is 18.7. The molecule has 5 nitrogen and oxygen atoms in total. The number of rotatable bonds is 5. The van der Waals surface area contributed by atoms with Gasteiger partial charge in [-0.3, -0.25) is 14.8 Å². The van der Waals surface area contributed by atoms with Gasteiger partial charge in [-0.25, -0.2) is 5.48 Å². The zero-order valence-corrected chi connectivity index (χ0v) is 15.8. The third-order valence-electron chi connectivity index (χ3n) is 6.34. The lowest BCUT2D eigenvalue weighted by Gasteiger charge is -2.32. The standard InChI is InChI=1S/C21H30N2O3/c1-15-8-10-17(11-9-15)21(2)12-13-23(20(21)25)18(19(24)22-26)14-16-6-4-3-5-7-16/h8-11,16,18,26H,3-7,12-14H2,1-2H3,(H,22,24). The molecule has 1 heterocycles. The van der Waals surface area contributed by atoms with Gasteiger partial charge in [0.1, 0.15) is 6.04 Å². The highest BCUT2D eigenvalue weighted by molar-refractivity contribution is 5.94. The molecule has 1 saturated carbocycles. The van der Waals surface area contributed by atoms with Crippen LogP contribution in [0.3, 0.4) is 0 Å². The number of amides is 2. The predicted octanol–water partition coefficient (Wildman–Crippen LogP) is 3.33. The van der Waals surface area contributed by atoms with E-state index >= 15 is 0 Å². The summed E-state index contributed by atoms with van der Waals surface area (Å²) in [6.07, 6.45) is 7.16. The van der Waals surface area contributed by atoms with Crippen molar-refractivity contribution < 1.29 is 14.8 Å². The molecule has 2 fully saturated rings. The first-order valence-electron chi connectivity index (χ1n) is 9.78. The molecule has 2 amide bonds. The normalized spacial score (nSPS) is 25.3. The van der Waals surface area contributed by atoms with Crippen LogP contribution in [-0.4, -0.2) is 34.5 Å². The number of hydroxylamine groups is 1. The summed E-state index contributed by atoms with van der Waals surface area (Å²) in [5, 5.41) is 9.22. The first-order valence-corrected chi connectivity index (χ1v) is 9.78. The summed E-state index contributed by atoms with van der Waals surface area (Å²) >= 11 is 0. The molecular formula is C21H30N2O3. The van der Waals surface area contributed by atoms with Crippen molar-refractivity contribution in [3.05, 3.63) is 35.4 Å². The lowest BCUT2D eigenvalue weighted by atomic mass is 9.80. The Morgan fingerprint density at radius 3 is 2.54 bits per heavy atom. The Morgan fingerprint density at radius 1 is 1.27 bits per heavy atom. The number of nitrogens with zero attached hydrogens (tertiary/aromatic N) is 1.